The molecule has 0 saturated heterocycles. The lowest BCUT2D eigenvalue weighted by atomic mass is 10.1. The Morgan fingerprint density at radius 2 is 2.21 bits per heavy atom. The van der Waals surface area contributed by atoms with Crippen LogP contribution in [0.4, 0.5) is 4.39 Å². The quantitative estimate of drug-likeness (QED) is 0.867. The largest absolute Gasteiger partial charge is 0.463 e. The van der Waals surface area contributed by atoms with E-state index in [0.29, 0.717) is 13.0 Å². The van der Waals surface area contributed by atoms with Crippen molar-refractivity contribution in [2.24, 2.45) is 5.73 Å². The molecule has 0 spiro atoms. The monoisotopic (exact) mass is 305 g/mol. The van der Waals surface area contributed by atoms with Crippen LogP contribution in [-0.4, -0.2) is 6.54 Å². The topological polar surface area (TPSA) is 39.2 Å². The zero-order valence-corrected chi connectivity index (χ0v) is 9.55. The standard InChI is InChI=1S/C10H9FINO/c11-7-3-8-6(1-2-13)5-14-10(8)9(12)4-7/h3-5H,1-2,13H2. The summed E-state index contributed by atoms with van der Waals surface area (Å²) in [7, 11) is 0. The maximum absolute atomic E-state index is 13.1. The molecule has 2 N–H and O–H groups in total. The average molecular weight is 305 g/mol. The van der Waals surface area contributed by atoms with E-state index in [9.17, 15) is 4.39 Å². The summed E-state index contributed by atoms with van der Waals surface area (Å²) in [5.74, 6) is -0.235. The van der Waals surface area contributed by atoms with Gasteiger partial charge in [-0.1, -0.05) is 0 Å². The van der Waals surface area contributed by atoms with Crippen LogP contribution in [0.1, 0.15) is 5.56 Å². The Kier molecular flexibility index (Phi) is 2.73. The smallest absolute Gasteiger partial charge is 0.147 e. The maximum Gasteiger partial charge on any atom is 0.147 e. The van der Waals surface area contributed by atoms with Gasteiger partial charge in [-0.3, -0.25) is 0 Å². The fourth-order valence-corrected chi connectivity index (χ4v) is 2.18. The number of hydrogen-bond acceptors (Lipinski definition) is 2. The highest BCUT2D eigenvalue weighted by molar-refractivity contribution is 14.1. The Morgan fingerprint density at radius 1 is 1.43 bits per heavy atom. The summed E-state index contributed by atoms with van der Waals surface area (Å²) in [4.78, 5) is 0. The van der Waals surface area contributed by atoms with Crippen LogP contribution in [0.25, 0.3) is 11.0 Å². The third-order valence-corrected chi connectivity index (χ3v) is 2.89. The zero-order valence-electron chi connectivity index (χ0n) is 7.39. The number of halogens is 2. The first-order chi connectivity index (χ1) is 6.72. The fraction of sp³-hybridized carbons (Fsp3) is 0.200. The molecule has 0 atom stereocenters. The van der Waals surface area contributed by atoms with E-state index >= 15 is 0 Å². The molecule has 1 aromatic heterocycles. The van der Waals surface area contributed by atoms with Crippen LogP contribution in [0.5, 0.6) is 0 Å². The summed E-state index contributed by atoms with van der Waals surface area (Å²) in [6, 6.07) is 2.95. The van der Waals surface area contributed by atoms with Crippen LogP contribution >= 0.6 is 22.6 Å². The SMILES string of the molecule is NCCc1coc2c(I)cc(F)cc12. The minimum absolute atomic E-state index is 0.235. The van der Waals surface area contributed by atoms with Crippen molar-refractivity contribution in [1.29, 1.82) is 0 Å². The second-order valence-corrected chi connectivity index (χ2v) is 4.23. The van der Waals surface area contributed by atoms with Crippen LogP contribution in [0.15, 0.2) is 22.8 Å². The van der Waals surface area contributed by atoms with Gasteiger partial charge in [0, 0.05) is 5.39 Å². The molecule has 2 aromatic rings. The molecule has 0 aliphatic heterocycles. The van der Waals surface area contributed by atoms with Crippen LogP contribution in [0.2, 0.25) is 0 Å². The lowest BCUT2D eigenvalue weighted by Crippen LogP contribution is -2.01. The molecule has 0 bridgehead atoms. The van der Waals surface area contributed by atoms with Crippen molar-refractivity contribution in [1.82, 2.24) is 0 Å². The predicted molar refractivity (Wildman–Crippen MR) is 61.6 cm³/mol. The average Bonchev–Trinajstić information content (AvgIpc) is 2.49. The first kappa shape index (κ1) is 9.92. The van der Waals surface area contributed by atoms with Crippen molar-refractivity contribution in [3.63, 3.8) is 0 Å². The Hall–Kier alpha value is -0.620. The van der Waals surface area contributed by atoms with Crippen molar-refractivity contribution < 1.29 is 8.81 Å². The molecule has 1 aromatic carbocycles. The van der Waals surface area contributed by atoms with E-state index in [2.05, 4.69) is 22.6 Å². The molecule has 2 rings (SSSR count). The normalized spacial score (nSPS) is 11.1. The third-order valence-electron chi connectivity index (χ3n) is 2.09. The van der Waals surface area contributed by atoms with E-state index in [1.165, 1.54) is 12.1 Å². The maximum atomic E-state index is 13.1. The van der Waals surface area contributed by atoms with Crippen LogP contribution in [-0.2, 0) is 6.42 Å². The fourth-order valence-electron chi connectivity index (χ4n) is 1.46. The molecule has 0 saturated carbocycles. The minimum Gasteiger partial charge on any atom is -0.463 e. The van der Waals surface area contributed by atoms with E-state index in [-0.39, 0.29) is 5.82 Å². The second kappa shape index (κ2) is 3.86. The summed E-state index contributed by atoms with van der Waals surface area (Å²) in [6.07, 6.45) is 2.37. The van der Waals surface area contributed by atoms with Gasteiger partial charge in [-0.25, -0.2) is 4.39 Å². The summed E-state index contributed by atoms with van der Waals surface area (Å²) in [5.41, 5.74) is 7.17. The van der Waals surface area contributed by atoms with Gasteiger partial charge in [0.05, 0.1) is 9.83 Å². The first-order valence-electron chi connectivity index (χ1n) is 4.27. The first-order valence-corrected chi connectivity index (χ1v) is 5.35. The summed E-state index contributed by atoms with van der Waals surface area (Å²) >= 11 is 2.06. The van der Waals surface area contributed by atoms with Gasteiger partial charge in [0.2, 0.25) is 0 Å². The van der Waals surface area contributed by atoms with Crippen molar-refractivity contribution in [2.45, 2.75) is 6.42 Å². The van der Waals surface area contributed by atoms with E-state index in [1.54, 1.807) is 6.26 Å². The molecule has 74 valence electrons. The third kappa shape index (κ3) is 1.64. The molecule has 0 fully saturated rings. The summed E-state index contributed by atoms with van der Waals surface area (Å²) < 4.78 is 19.3. The van der Waals surface area contributed by atoms with Crippen molar-refractivity contribution in [3.8, 4) is 0 Å². The second-order valence-electron chi connectivity index (χ2n) is 3.06. The minimum atomic E-state index is -0.235. The Labute approximate surface area is 94.4 Å². The summed E-state index contributed by atoms with van der Waals surface area (Å²) in [5, 5.41) is 0.833. The Bertz CT molecular complexity index is 466. The number of fused-ring (bicyclic) bond motifs is 1. The van der Waals surface area contributed by atoms with Crippen LogP contribution in [0.3, 0.4) is 0 Å². The van der Waals surface area contributed by atoms with E-state index in [0.717, 1.165) is 20.1 Å². The highest BCUT2D eigenvalue weighted by atomic mass is 127. The van der Waals surface area contributed by atoms with Gasteiger partial charge < -0.3 is 10.2 Å². The molecular formula is C10H9FINO. The predicted octanol–water partition coefficient (Wildman–Crippen LogP) is 2.68. The number of benzene rings is 1. The van der Waals surface area contributed by atoms with Gasteiger partial charge in [-0.15, -0.1) is 0 Å². The molecule has 14 heavy (non-hydrogen) atoms. The molecule has 4 heteroatoms. The number of nitrogens with two attached hydrogens (primary N) is 1. The Balaban J connectivity index is 2.66. The van der Waals surface area contributed by atoms with Gasteiger partial charge in [0.25, 0.3) is 0 Å². The van der Waals surface area contributed by atoms with Crippen LogP contribution < -0.4 is 5.73 Å². The number of hydrogen-bond donors (Lipinski definition) is 1. The van der Waals surface area contributed by atoms with Gasteiger partial charge in [-0.05, 0) is 53.3 Å². The number of furan rings is 1. The molecule has 0 aliphatic carbocycles. The molecular weight excluding hydrogens is 296 g/mol. The molecule has 0 radical (unpaired) electrons. The highest BCUT2D eigenvalue weighted by Gasteiger charge is 2.09. The van der Waals surface area contributed by atoms with Crippen molar-refractivity contribution >= 4 is 33.6 Å². The highest BCUT2D eigenvalue weighted by Crippen LogP contribution is 2.27. The van der Waals surface area contributed by atoms with E-state index < -0.39 is 0 Å². The molecule has 0 amide bonds. The van der Waals surface area contributed by atoms with E-state index in [4.69, 9.17) is 10.2 Å². The lowest BCUT2D eigenvalue weighted by Gasteiger charge is -1.96. The molecule has 0 aliphatic rings. The van der Waals surface area contributed by atoms with Gasteiger partial charge in [0.15, 0.2) is 0 Å². The zero-order chi connectivity index (χ0) is 10.1. The summed E-state index contributed by atoms with van der Waals surface area (Å²) in [6.45, 7) is 0.543. The molecule has 0 unspecified atom stereocenters. The number of rotatable bonds is 2. The van der Waals surface area contributed by atoms with Gasteiger partial charge >= 0.3 is 0 Å². The van der Waals surface area contributed by atoms with E-state index in [1.807, 2.05) is 0 Å². The van der Waals surface area contributed by atoms with Crippen molar-refractivity contribution in [3.05, 3.63) is 33.3 Å². The molecule has 2 nitrogen and oxygen atoms in total. The van der Waals surface area contributed by atoms with Crippen molar-refractivity contribution in [2.75, 3.05) is 6.54 Å². The lowest BCUT2D eigenvalue weighted by molar-refractivity contribution is 0.603. The van der Waals surface area contributed by atoms with Gasteiger partial charge in [-0.2, -0.15) is 0 Å². The van der Waals surface area contributed by atoms with Crippen LogP contribution in [0, 0.1) is 9.39 Å². The van der Waals surface area contributed by atoms with Gasteiger partial charge in [0.1, 0.15) is 11.4 Å². The Morgan fingerprint density at radius 3 is 2.93 bits per heavy atom. The molecule has 1 heterocycles.